The molecule has 0 bridgehead atoms. The van der Waals surface area contributed by atoms with Gasteiger partial charge in [-0.25, -0.2) is 0 Å². The van der Waals surface area contributed by atoms with Gasteiger partial charge in [-0.05, 0) is 12.1 Å². The van der Waals surface area contributed by atoms with E-state index in [0.29, 0.717) is 0 Å². The molecule has 154 valence electrons. The predicted molar refractivity (Wildman–Crippen MR) is 101 cm³/mol. The Morgan fingerprint density at radius 3 is 2.47 bits per heavy atom. The van der Waals surface area contributed by atoms with Gasteiger partial charge in [-0.15, -0.1) is 0 Å². The molecular weight excluding hydrogens is 400 g/mol. The lowest BCUT2D eigenvalue weighted by Gasteiger charge is -2.14. The minimum atomic E-state index is -0.844. The van der Waals surface area contributed by atoms with Crippen LogP contribution < -0.4 is 10.1 Å². The summed E-state index contributed by atoms with van der Waals surface area (Å²) < 4.78 is 5.03. The predicted octanol–water partition coefficient (Wildman–Crippen LogP) is 2.14. The molecule has 0 aromatic heterocycles. The fraction of sp³-hybridized carbons (Fsp3) is 0.167. The Labute approximate surface area is 168 Å². The third kappa shape index (κ3) is 3.65. The van der Waals surface area contributed by atoms with Crippen LogP contribution >= 0.6 is 0 Å². The SMILES string of the molecule is COc1cc([N+](=O)[O-])ccc1NC(=O)CCN1C(=O)c2cccc([N+](=O)[O-])c2C1=O. The molecule has 0 saturated carbocycles. The van der Waals surface area contributed by atoms with Crippen molar-refractivity contribution in [2.24, 2.45) is 0 Å². The standard InChI is InChI=1S/C18H14N4O8/c1-30-14-9-10(21(26)27)5-6-12(14)19-15(23)7-8-20-17(24)11-3-2-4-13(22(28)29)16(11)18(20)25/h2-6,9H,7-8H2,1H3,(H,19,23). The van der Waals surface area contributed by atoms with E-state index in [0.717, 1.165) is 17.0 Å². The largest absolute Gasteiger partial charge is 0.494 e. The Kier molecular flexibility index (Phi) is 5.40. The lowest BCUT2D eigenvalue weighted by Crippen LogP contribution is -2.33. The van der Waals surface area contributed by atoms with Crippen LogP contribution in [0.2, 0.25) is 0 Å². The van der Waals surface area contributed by atoms with Gasteiger partial charge >= 0.3 is 0 Å². The topological polar surface area (TPSA) is 162 Å². The van der Waals surface area contributed by atoms with Gasteiger partial charge in [-0.2, -0.15) is 0 Å². The second-order valence-electron chi connectivity index (χ2n) is 6.16. The first kappa shape index (κ1) is 20.4. The maximum absolute atomic E-state index is 12.5. The maximum Gasteiger partial charge on any atom is 0.282 e. The number of nitrogens with zero attached hydrogens (tertiary/aromatic N) is 3. The monoisotopic (exact) mass is 414 g/mol. The van der Waals surface area contributed by atoms with Crippen LogP contribution in [0.15, 0.2) is 36.4 Å². The molecule has 3 amide bonds. The molecular formula is C18H14N4O8. The number of nitro groups is 2. The number of nitrogens with one attached hydrogen (secondary N) is 1. The number of fused-ring (bicyclic) bond motifs is 1. The maximum atomic E-state index is 12.5. The molecule has 0 aliphatic carbocycles. The number of carbonyl (C=O) groups excluding carboxylic acids is 3. The van der Waals surface area contributed by atoms with Crippen LogP contribution in [0.1, 0.15) is 27.1 Å². The third-order valence-electron chi connectivity index (χ3n) is 4.41. The third-order valence-corrected chi connectivity index (χ3v) is 4.41. The first-order valence-corrected chi connectivity index (χ1v) is 8.50. The van der Waals surface area contributed by atoms with E-state index in [1.807, 2.05) is 0 Å². The fourth-order valence-corrected chi connectivity index (χ4v) is 2.99. The van der Waals surface area contributed by atoms with Gasteiger partial charge in [0.15, 0.2) is 0 Å². The molecule has 1 N–H and O–H groups in total. The first-order valence-electron chi connectivity index (χ1n) is 8.50. The summed E-state index contributed by atoms with van der Waals surface area (Å²) in [5.41, 5.74) is -0.923. The highest BCUT2D eigenvalue weighted by Gasteiger charge is 2.40. The number of hydrogen-bond donors (Lipinski definition) is 1. The number of rotatable bonds is 7. The molecule has 1 heterocycles. The summed E-state index contributed by atoms with van der Waals surface area (Å²) in [5, 5.41) is 24.4. The smallest absolute Gasteiger partial charge is 0.282 e. The van der Waals surface area contributed by atoms with Crippen molar-refractivity contribution >= 4 is 34.8 Å². The molecule has 0 atom stereocenters. The van der Waals surface area contributed by atoms with Crippen molar-refractivity contribution in [3.8, 4) is 5.75 Å². The average Bonchev–Trinajstić information content (AvgIpc) is 2.96. The zero-order chi connectivity index (χ0) is 22.0. The van der Waals surface area contributed by atoms with Gasteiger partial charge in [0.1, 0.15) is 11.3 Å². The van der Waals surface area contributed by atoms with Gasteiger partial charge in [0.05, 0.1) is 34.3 Å². The van der Waals surface area contributed by atoms with Crippen LogP contribution in [0.5, 0.6) is 5.75 Å². The zero-order valence-corrected chi connectivity index (χ0v) is 15.5. The van der Waals surface area contributed by atoms with Gasteiger partial charge in [0, 0.05) is 25.1 Å². The molecule has 1 aliphatic rings. The second kappa shape index (κ2) is 7.95. The molecule has 0 saturated heterocycles. The number of carbonyl (C=O) groups is 3. The molecule has 0 radical (unpaired) electrons. The highest BCUT2D eigenvalue weighted by atomic mass is 16.6. The van der Waals surface area contributed by atoms with Crippen molar-refractivity contribution in [2.45, 2.75) is 6.42 Å². The van der Waals surface area contributed by atoms with Crippen LogP contribution in [0, 0.1) is 20.2 Å². The lowest BCUT2D eigenvalue weighted by molar-refractivity contribution is -0.385. The highest BCUT2D eigenvalue weighted by Crippen LogP contribution is 2.31. The average molecular weight is 414 g/mol. The molecule has 2 aromatic carbocycles. The quantitative estimate of drug-likeness (QED) is 0.409. The zero-order valence-electron chi connectivity index (χ0n) is 15.5. The van der Waals surface area contributed by atoms with Gasteiger partial charge in [-0.1, -0.05) is 6.07 Å². The number of anilines is 1. The summed E-state index contributed by atoms with van der Waals surface area (Å²) >= 11 is 0. The highest BCUT2D eigenvalue weighted by molar-refractivity contribution is 6.23. The minimum absolute atomic E-state index is 0.0638. The van der Waals surface area contributed by atoms with E-state index in [1.54, 1.807) is 0 Å². The van der Waals surface area contributed by atoms with E-state index in [-0.39, 0.29) is 41.2 Å². The number of amides is 3. The molecule has 1 aliphatic heterocycles. The van der Waals surface area contributed by atoms with Crippen molar-refractivity contribution in [2.75, 3.05) is 19.0 Å². The molecule has 3 rings (SSSR count). The molecule has 12 nitrogen and oxygen atoms in total. The summed E-state index contributed by atoms with van der Waals surface area (Å²) in [5.74, 6) is -2.09. The van der Waals surface area contributed by atoms with Gasteiger partial charge in [-0.3, -0.25) is 39.5 Å². The summed E-state index contributed by atoms with van der Waals surface area (Å²) in [6.45, 7) is -0.301. The van der Waals surface area contributed by atoms with E-state index in [4.69, 9.17) is 4.74 Å². The summed E-state index contributed by atoms with van der Waals surface area (Å²) in [7, 11) is 1.28. The summed E-state index contributed by atoms with van der Waals surface area (Å²) in [6.07, 6.45) is -0.292. The Hall–Kier alpha value is -4.35. The number of hydrogen-bond acceptors (Lipinski definition) is 8. The normalized spacial score (nSPS) is 12.5. The van der Waals surface area contributed by atoms with Gasteiger partial charge in [0.25, 0.3) is 23.2 Å². The van der Waals surface area contributed by atoms with Crippen LogP contribution in [-0.4, -0.2) is 46.1 Å². The Bertz CT molecular complexity index is 1100. The van der Waals surface area contributed by atoms with Crippen LogP contribution in [-0.2, 0) is 4.79 Å². The Morgan fingerprint density at radius 2 is 1.83 bits per heavy atom. The van der Waals surface area contributed by atoms with Crippen LogP contribution in [0.3, 0.4) is 0 Å². The number of methoxy groups -OCH3 is 1. The van der Waals surface area contributed by atoms with Gasteiger partial charge < -0.3 is 10.1 Å². The van der Waals surface area contributed by atoms with Crippen molar-refractivity contribution in [3.63, 3.8) is 0 Å². The Morgan fingerprint density at radius 1 is 1.10 bits per heavy atom. The van der Waals surface area contributed by atoms with Gasteiger partial charge in [0.2, 0.25) is 5.91 Å². The van der Waals surface area contributed by atoms with E-state index < -0.39 is 33.3 Å². The molecule has 2 aromatic rings. The number of nitro benzene ring substituents is 2. The lowest BCUT2D eigenvalue weighted by atomic mass is 10.1. The summed E-state index contributed by atoms with van der Waals surface area (Å²) in [4.78, 5) is 58.5. The minimum Gasteiger partial charge on any atom is -0.494 e. The van der Waals surface area contributed by atoms with Crippen LogP contribution in [0.25, 0.3) is 0 Å². The molecule has 12 heteroatoms. The van der Waals surface area contributed by atoms with E-state index in [2.05, 4.69) is 5.32 Å². The van der Waals surface area contributed by atoms with E-state index in [1.165, 1.54) is 31.4 Å². The van der Waals surface area contributed by atoms with E-state index >= 15 is 0 Å². The Balaban J connectivity index is 1.71. The van der Waals surface area contributed by atoms with Crippen molar-refractivity contribution in [3.05, 3.63) is 67.8 Å². The van der Waals surface area contributed by atoms with Crippen LogP contribution in [0.4, 0.5) is 17.1 Å². The summed E-state index contributed by atoms with van der Waals surface area (Å²) in [6, 6.07) is 7.35. The first-order chi connectivity index (χ1) is 14.2. The molecule has 0 fully saturated rings. The molecule has 30 heavy (non-hydrogen) atoms. The number of non-ortho nitro benzene ring substituents is 1. The molecule has 0 spiro atoms. The van der Waals surface area contributed by atoms with Crippen molar-refractivity contribution in [1.82, 2.24) is 4.90 Å². The number of imide groups is 1. The fourth-order valence-electron chi connectivity index (χ4n) is 2.99. The molecule has 0 unspecified atom stereocenters. The number of benzene rings is 2. The van der Waals surface area contributed by atoms with Crippen molar-refractivity contribution < 1.29 is 29.0 Å². The number of ether oxygens (including phenoxy) is 1. The van der Waals surface area contributed by atoms with E-state index in [9.17, 15) is 34.6 Å². The van der Waals surface area contributed by atoms with Crippen molar-refractivity contribution in [1.29, 1.82) is 0 Å². The second-order valence-corrected chi connectivity index (χ2v) is 6.16.